The Labute approximate surface area is 295 Å². The van der Waals surface area contributed by atoms with E-state index in [-0.39, 0.29) is 0 Å². The number of allylic oxidation sites excluding steroid dienone is 4. The van der Waals surface area contributed by atoms with Gasteiger partial charge in [-0.3, -0.25) is 0 Å². The number of aryl methyl sites for hydroxylation is 2. The Bertz CT molecular complexity index is 2540. The zero-order valence-corrected chi connectivity index (χ0v) is 28.9. The van der Waals surface area contributed by atoms with Gasteiger partial charge in [-0.05, 0) is 131 Å². The normalized spacial score (nSPS) is 12.8. The third-order valence-electron chi connectivity index (χ3n) is 10.2. The fourth-order valence-corrected chi connectivity index (χ4v) is 7.61. The van der Waals surface area contributed by atoms with Crippen LogP contribution in [0.4, 0.5) is 17.1 Å². The van der Waals surface area contributed by atoms with Gasteiger partial charge in [0.2, 0.25) is 0 Å². The van der Waals surface area contributed by atoms with Gasteiger partial charge in [-0.15, -0.1) is 6.42 Å². The maximum absolute atomic E-state index is 6.11. The number of hydrogen-bond donors (Lipinski definition) is 0. The van der Waals surface area contributed by atoms with Crippen LogP contribution in [0.15, 0.2) is 157 Å². The molecule has 7 aromatic rings. The molecule has 240 valence electrons. The van der Waals surface area contributed by atoms with Crippen LogP contribution in [0.1, 0.15) is 42.0 Å². The standard InChI is InChI=1S/C49H39N/c1-5-36-17-9-11-21-45(36)49-35(4)16-13-23-47(49)50(46-22-12-15-34(3)48(46)44-20-10-6-14-33(44)2)43-29-28-41-31-40(26-27-42(41)32-43)39-25-24-37-18-7-8-19-38(37)30-39/h1,7-13,15-32H,6,14H2,2-4H3. The molecular formula is C49H39N. The Morgan fingerprint density at radius 1 is 0.560 bits per heavy atom. The van der Waals surface area contributed by atoms with E-state index in [1.165, 1.54) is 60.5 Å². The van der Waals surface area contributed by atoms with Gasteiger partial charge in [0.25, 0.3) is 0 Å². The van der Waals surface area contributed by atoms with Crippen molar-refractivity contribution in [3.8, 4) is 34.6 Å². The molecule has 0 aromatic heterocycles. The molecule has 0 N–H and O–H groups in total. The SMILES string of the molecule is C#Cc1ccccc1-c1c(C)cccc1N(c1ccc2cc(-c3ccc4ccccc4c3)ccc2c1)c1cccc(C)c1C1=C(C)CCC=C1. The van der Waals surface area contributed by atoms with Crippen molar-refractivity contribution < 1.29 is 0 Å². The van der Waals surface area contributed by atoms with Crippen LogP contribution in [-0.4, -0.2) is 0 Å². The topological polar surface area (TPSA) is 3.24 Å². The third kappa shape index (κ3) is 5.60. The van der Waals surface area contributed by atoms with Gasteiger partial charge in [0.1, 0.15) is 0 Å². The zero-order valence-electron chi connectivity index (χ0n) is 28.9. The predicted octanol–water partition coefficient (Wildman–Crippen LogP) is 13.5. The molecule has 0 radical (unpaired) electrons. The Morgan fingerprint density at radius 3 is 1.90 bits per heavy atom. The molecule has 7 aromatic carbocycles. The summed E-state index contributed by atoms with van der Waals surface area (Å²) in [7, 11) is 0. The van der Waals surface area contributed by atoms with Gasteiger partial charge in [-0.1, -0.05) is 121 Å². The van der Waals surface area contributed by atoms with Crippen molar-refractivity contribution in [3.63, 3.8) is 0 Å². The fourth-order valence-electron chi connectivity index (χ4n) is 7.61. The molecular weight excluding hydrogens is 603 g/mol. The lowest BCUT2D eigenvalue weighted by molar-refractivity contribution is 0.966. The van der Waals surface area contributed by atoms with Crippen LogP contribution in [0.25, 0.3) is 49.4 Å². The number of rotatable bonds is 6. The molecule has 0 unspecified atom stereocenters. The Hall–Kier alpha value is -6.10. The molecule has 1 aliphatic carbocycles. The molecule has 0 saturated heterocycles. The van der Waals surface area contributed by atoms with E-state index in [1.807, 2.05) is 12.1 Å². The van der Waals surface area contributed by atoms with Crippen LogP contribution in [-0.2, 0) is 0 Å². The molecule has 1 nitrogen and oxygen atoms in total. The first kappa shape index (κ1) is 31.2. The zero-order chi connectivity index (χ0) is 34.2. The number of fused-ring (bicyclic) bond motifs is 2. The average Bonchev–Trinajstić information content (AvgIpc) is 3.15. The number of terminal acetylenes is 1. The van der Waals surface area contributed by atoms with Crippen molar-refractivity contribution in [2.75, 3.05) is 4.90 Å². The van der Waals surface area contributed by atoms with Gasteiger partial charge in [0.05, 0.1) is 11.4 Å². The predicted molar refractivity (Wildman–Crippen MR) is 215 cm³/mol. The van der Waals surface area contributed by atoms with Crippen LogP contribution < -0.4 is 4.90 Å². The first-order chi connectivity index (χ1) is 24.5. The summed E-state index contributed by atoms with van der Waals surface area (Å²) in [6, 6.07) is 50.6. The van der Waals surface area contributed by atoms with Gasteiger partial charge in [0.15, 0.2) is 0 Å². The van der Waals surface area contributed by atoms with Gasteiger partial charge in [-0.25, -0.2) is 0 Å². The van der Waals surface area contributed by atoms with Crippen molar-refractivity contribution in [3.05, 3.63) is 180 Å². The molecule has 0 saturated carbocycles. The molecule has 0 spiro atoms. The first-order valence-corrected chi connectivity index (χ1v) is 17.5. The molecule has 0 fully saturated rings. The Kier molecular flexibility index (Phi) is 8.15. The van der Waals surface area contributed by atoms with Gasteiger partial charge in [0, 0.05) is 22.4 Å². The quantitative estimate of drug-likeness (QED) is 0.163. The molecule has 8 rings (SSSR count). The van der Waals surface area contributed by atoms with Crippen molar-refractivity contribution in [2.24, 2.45) is 0 Å². The van der Waals surface area contributed by atoms with E-state index < -0.39 is 0 Å². The smallest absolute Gasteiger partial charge is 0.0543 e. The number of anilines is 3. The Balaban J connectivity index is 1.35. The van der Waals surface area contributed by atoms with Gasteiger partial charge >= 0.3 is 0 Å². The largest absolute Gasteiger partial charge is 0.309 e. The highest BCUT2D eigenvalue weighted by Gasteiger charge is 2.24. The highest BCUT2D eigenvalue weighted by atomic mass is 15.1. The van der Waals surface area contributed by atoms with Crippen LogP contribution in [0.5, 0.6) is 0 Å². The minimum atomic E-state index is 0.890. The van der Waals surface area contributed by atoms with Crippen LogP contribution >= 0.6 is 0 Å². The van der Waals surface area contributed by atoms with E-state index in [0.29, 0.717) is 0 Å². The lowest BCUT2D eigenvalue weighted by atomic mass is 9.88. The monoisotopic (exact) mass is 641 g/mol. The first-order valence-electron chi connectivity index (χ1n) is 17.5. The summed E-state index contributed by atoms with van der Waals surface area (Å²) in [5.74, 6) is 2.96. The summed E-state index contributed by atoms with van der Waals surface area (Å²) in [5.41, 5.74) is 15.3. The summed E-state index contributed by atoms with van der Waals surface area (Å²) >= 11 is 0. The van der Waals surface area contributed by atoms with E-state index in [4.69, 9.17) is 6.42 Å². The molecule has 0 atom stereocenters. The minimum Gasteiger partial charge on any atom is -0.309 e. The van der Waals surface area contributed by atoms with Crippen molar-refractivity contribution >= 4 is 44.2 Å². The summed E-state index contributed by atoms with van der Waals surface area (Å²) in [6.45, 7) is 6.70. The van der Waals surface area contributed by atoms with E-state index in [2.05, 4.69) is 171 Å². The molecule has 0 bridgehead atoms. The summed E-state index contributed by atoms with van der Waals surface area (Å²) in [5, 5.41) is 4.91. The van der Waals surface area contributed by atoms with Crippen molar-refractivity contribution in [1.29, 1.82) is 0 Å². The van der Waals surface area contributed by atoms with Gasteiger partial charge < -0.3 is 4.90 Å². The fraction of sp³-hybridized carbons (Fsp3) is 0.102. The highest BCUT2D eigenvalue weighted by molar-refractivity contribution is 5.99. The second kappa shape index (κ2) is 13.1. The summed E-state index contributed by atoms with van der Waals surface area (Å²) < 4.78 is 0. The third-order valence-corrected chi connectivity index (χ3v) is 10.2. The molecule has 0 aliphatic heterocycles. The molecule has 1 aliphatic rings. The van der Waals surface area contributed by atoms with Crippen LogP contribution in [0.3, 0.4) is 0 Å². The molecule has 0 amide bonds. The van der Waals surface area contributed by atoms with E-state index in [9.17, 15) is 0 Å². The van der Waals surface area contributed by atoms with Crippen LogP contribution in [0.2, 0.25) is 0 Å². The maximum atomic E-state index is 6.11. The van der Waals surface area contributed by atoms with E-state index >= 15 is 0 Å². The van der Waals surface area contributed by atoms with E-state index in [0.717, 1.165) is 46.6 Å². The highest BCUT2D eigenvalue weighted by Crippen LogP contribution is 2.47. The van der Waals surface area contributed by atoms with Gasteiger partial charge in [-0.2, -0.15) is 0 Å². The molecule has 50 heavy (non-hydrogen) atoms. The average molecular weight is 642 g/mol. The second-order valence-electron chi connectivity index (χ2n) is 13.4. The van der Waals surface area contributed by atoms with Crippen LogP contribution in [0, 0.1) is 26.2 Å². The van der Waals surface area contributed by atoms with Crippen molar-refractivity contribution in [1.82, 2.24) is 0 Å². The number of nitrogens with zero attached hydrogens (tertiary/aromatic N) is 1. The lowest BCUT2D eigenvalue weighted by Gasteiger charge is -2.32. The minimum absolute atomic E-state index is 0.890. The number of benzene rings is 7. The second-order valence-corrected chi connectivity index (χ2v) is 13.4. The maximum Gasteiger partial charge on any atom is 0.0543 e. The lowest BCUT2D eigenvalue weighted by Crippen LogP contribution is -2.15. The Morgan fingerprint density at radius 2 is 1.16 bits per heavy atom. The summed E-state index contributed by atoms with van der Waals surface area (Å²) in [4.78, 5) is 2.46. The molecule has 0 heterocycles. The number of hydrogen-bond acceptors (Lipinski definition) is 1. The van der Waals surface area contributed by atoms with E-state index in [1.54, 1.807) is 0 Å². The molecule has 1 heteroatoms. The van der Waals surface area contributed by atoms with Crippen molar-refractivity contribution in [2.45, 2.75) is 33.6 Å². The summed E-state index contributed by atoms with van der Waals surface area (Å²) in [6.07, 6.45) is 12.9.